The molecule has 1 fully saturated rings. The second kappa shape index (κ2) is 6.71. The monoisotopic (exact) mass is 224 g/mol. The predicted molar refractivity (Wildman–Crippen MR) is 60.0 cm³/mol. The molecule has 0 bridgehead atoms. The molecule has 0 aromatic heterocycles. The molecule has 0 aliphatic heterocycles. The van der Waals surface area contributed by atoms with Crippen LogP contribution in [0.2, 0.25) is 0 Å². The number of hydrogen-bond donors (Lipinski definition) is 1. The minimum atomic E-state index is -0.250. The van der Waals surface area contributed by atoms with E-state index in [2.05, 4.69) is 0 Å². The van der Waals surface area contributed by atoms with Gasteiger partial charge >= 0.3 is 0 Å². The van der Waals surface area contributed by atoms with Crippen molar-refractivity contribution in [2.75, 3.05) is 7.11 Å². The maximum Gasteiger partial charge on any atom is 0.290 e. The molecule has 0 atom stereocenters. The Balaban J connectivity index is 0.000000386. The second-order valence-corrected chi connectivity index (χ2v) is 3.43. The van der Waals surface area contributed by atoms with E-state index in [1.165, 1.54) is 19.3 Å². The summed E-state index contributed by atoms with van der Waals surface area (Å²) >= 11 is 0. The highest BCUT2D eigenvalue weighted by atomic mass is 16.5. The molecule has 1 aliphatic carbocycles. The van der Waals surface area contributed by atoms with E-state index >= 15 is 0 Å². The Kier molecular flexibility index (Phi) is 5.19. The zero-order chi connectivity index (χ0) is 11.8. The summed E-state index contributed by atoms with van der Waals surface area (Å²) < 4.78 is 10.9. The van der Waals surface area contributed by atoms with Crippen molar-refractivity contribution in [2.45, 2.75) is 25.4 Å². The lowest BCUT2D eigenvalue weighted by Crippen LogP contribution is -2.24. The molecule has 1 aromatic carbocycles. The Morgan fingerprint density at radius 1 is 1.31 bits per heavy atom. The number of hydrogen-bond acceptors (Lipinski definition) is 3. The largest absolute Gasteiger partial charge is 0.493 e. The molecule has 4 nitrogen and oxygen atoms in total. The highest BCUT2D eigenvalue weighted by Crippen LogP contribution is 2.31. The van der Waals surface area contributed by atoms with Gasteiger partial charge in [-0.1, -0.05) is 12.1 Å². The van der Waals surface area contributed by atoms with Gasteiger partial charge < -0.3 is 14.6 Å². The molecule has 16 heavy (non-hydrogen) atoms. The zero-order valence-electron chi connectivity index (χ0n) is 9.26. The van der Waals surface area contributed by atoms with E-state index in [1.807, 2.05) is 24.3 Å². The van der Waals surface area contributed by atoms with Gasteiger partial charge in [0, 0.05) is 0 Å². The third kappa shape index (κ3) is 3.46. The lowest BCUT2D eigenvalue weighted by atomic mass is 9.96. The normalized spacial score (nSPS) is 14.1. The van der Waals surface area contributed by atoms with E-state index < -0.39 is 0 Å². The van der Waals surface area contributed by atoms with Gasteiger partial charge in [0.05, 0.1) is 13.2 Å². The van der Waals surface area contributed by atoms with Gasteiger partial charge in [-0.2, -0.15) is 0 Å². The first-order chi connectivity index (χ1) is 7.81. The van der Waals surface area contributed by atoms with Gasteiger partial charge in [-0.05, 0) is 31.4 Å². The molecule has 0 radical (unpaired) electrons. The summed E-state index contributed by atoms with van der Waals surface area (Å²) in [7, 11) is 1.67. The Bertz CT molecular complexity index is 321. The summed E-state index contributed by atoms with van der Waals surface area (Å²) in [6, 6.07) is 7.80. The third-order valence-corrected chi connectivity index (χ3v) is 2.41. The van der Waals surface area contributed by atoms with Gasteiger partial charge in [-0.15, -0.1) is 0 Å². The lowest BCUT2D eigenvalue weighted by Gasteiger charge is -2.26. The number of carbonyl (C=O) groups is 1. The van der Waals surface area contributed by atoms with Crippen LogP contribution in [0.4, 0.5) is 0 Å². The Hall–Kier alpha value is -1.71. The van der Waals surface area contributed by atoms with Crippen molar-refractivity contribution in [1.29, 1.82) is 0 Å². The quantitative estimate of drug-likeness (QED) is 0.800. The Labute approximate surface area is 94.8 Å². The Morgan fingerprint density at radius 2 is 1.88 bits per heavy atom. The summed E-state index contributed by atoms with van der Waals surface area (Å²) in [4.78, 5) is 8.36. The molecule has 1 saturated carbocycles. The molecule has 0 spiro atoms. The molecule has 4 heteroatoms. The zero-order valence-corrected chi connectivity index (χ0v) is 9.26. The van der Waals surface area contributed by atoms with Gasteiger partial charge in [0.1, 0.15) is 0 Å². The highest BCUT2D eigenvalue weighted by Gasteiger charge is 2.20. The van der Waals surface area contributed by atoms with E-state index in [0.29, 0.717) is 6.10 Å². The number of rotatable bonds is 3. The first-order valence-corrected chi connectivity index (χ1v) is 5.19. The third-order valence-electron chi connectivity index (χ3n) is 2.41. The standard InChI is InChI=1S/C11H14O2.CH2O2/c1-12-10-7-2-3-8-11(10)13-9-5-4-6-9;2-1-3/h2-3,7-9H,4-6H2,1H3;1H,(H,2,3). The van der Waals surface area contributed by atoms with E-state index in [-0.39, 0.29) is 6.47 Å². The van der Waals surface area contributed by atoms with Gasteiger partial charge in [-0.3, -0.25) is 4.79 Å². The smallest absolute Gasteiger partial charge is 0.290 e. The molecule has 0 unspecified atom stereocenters. The molecule has 2 rings (SSSR count). The molecule has 88 valence electrons. The van der Waals surface area contributed by atoms with E-state index in [4.69, 9.17) is 19.4 Å². The predicted octanol–water partition coefficient (Wildman–Crippen LogP) is 2.33. The van der Waals surface area contributed by atoms with Crippen LogP contribution >= 0.6 is 0 Å². The molecular weight excluding hydrogens is 208 g/mol. The summed E-state index contributed by atoms with van der Waals surface area (Å²) in [5.41, 5.74) is 0. The van der Waals surface area contributed by atoms with Crippen molar-refractivity contribution < 1.29 is 19.4 Å². The molecule has 0 saturated heterocycles. The van der Waals surface area contributed by atoms with E-state index in [0.717, 1.165) is 11.5 Å². The second-order valence-electron chi connectivity index (χ2n) is 3.43. The topological polar surface area (TPSA) is 55.8 Å². The van der Waals surface area contributed by atoms with Crippen LogP contribution in [0.25, 0.3) is 0 Å². The Morgan fingerprint density at radius 3 is 2.31 bits per heavy atom. The highest BCUT2D eigenvalue weighted by molar-refractivity contribution is 5.39. The fourth-order valence-corrected chi connectivity index (χ4v) is 1.38. The average Bonchev–Trinajstić information content (AvgIpc) is 2.25. The number of methoxy groups -OCH3 is 1. The number of carboxylic acid groups (broad SMARTS) is 1. The summed E-state index contributed by atoms with van der Waals surface area (Å²) in [5.74, 6) is 1.70. The average molecular weight is 224 g/mol. The molecule has 0 amide bonds. The number of benzene rings is 1. The van der Waals surface area contributed by atoms with Gasteiger partial charge in [0.25, 0.3) is 6.47 Å². The van der Waals surface area contributed by atoms with Crippen molar-refractivity contribution in [3.8, 4) is 11.5 Å². The van der Waals surface area contributed by atoms with Crippen LogP contribution < -0.4 is 9.47 Å². The van der Waals surface area contributed by atoms with Crippen LogP contribution in [0.1, 0.15) is 19.3 Å². The first-order valence-electron chi connectivity index (χ1n) is 5.19. The van der Waals surface area contributed by atoms with E-state index in [1.54, 1.807) is 7.11 Å². The lowest BCUT2D eigenvalue weighted by molar-refractivity contribution is -0.122. The molecular formula is C12H16O4. The molecule has 1 aromatic rings. The van der Waals surface area contributed by atoms with Crippen LogP contribution in [-0.4, -0.2) is 24.8 Å². The summed E-state index contributed by atoms with van der Waals surface area (Å²) in [6.07, 6.45) is 4.06. The number of para-hydroxylation sites is 2. The maximum absolute atomic E-state index is 8.36. The SMILES string of the molecule is COc1ccccc1OC1CCC1.O=CO. The fourth-order valence-electron chi connectivity index (χ4n) is 1.38. The van der Waals surface area contributed by atoms with Gasteiger partial charge in [0.15, 0.2) is 11.5 Å². The number of ether oxygens (including phenoxy) is 2. The maximum atomic E-state index is 8.36. The van der Waals surface area contributed by atoms with Crippen molar-refractivity contribution in [1.82, 2.24) is 0 Å². The van der Waals surface area contributed by atoms with Gasteiger partial charge in [-0.25, -0.2) is 0 Å². The van der Waals surface area contributed by atoms with Crippen LogP contribution in [0.3, 0.4) is 0 Å². The molecule has 0 heterocycles. The first kappa shape index (κ1) is 12.4. The van der Waals surface area contributed by atoms with Crippen LogP contribution in [0.5, 0.6) is 11.5 Å². The minimum absolute atomic E-state index is 0.250. The molecule has 1 aliphatic rings. The van der Waals surface area contributed by atoms with Gasteiger partial charge in [0.2, 0.25) is 0 Å². The van der Waals surface area contributed by atoms with E-state index in [9.17, 15) is 0 Å². The summed E-state index contributed by atoms with van der Waals surface area (Å²) in [5, 5.41) is 6.89. The van der Waals surface area contributed by atoms with Crippen LogP contribution in [0, 0.1) is 0 Å². The molecule has 1 N–H and O–H groups in total. The van der Waals surface area contributed by atoms with Crippen molar-refractivity contribution >= 4 is 6.47 Å². The summed E-state index contributed by atoms with van der Waals surface area (Å²) in [6.45, 7) is -0.250. The van der Waals surface area contributed by atoms with Crippen LogP contribution in [-0.2, 0) is 4.79 Å². The van der Waals surface area contributed by atoms with Crippen molar-refractivity contribution in [3.05, 3.63) is 24.3 Å². The van der Waals surface area contributed by atoms with Crippen molar-refractivity contribution in [2.24, 2.45) is 0 Å². The minimum Gasteiger partial charge on any atom is -0.493 e. The fraction of sp³-hybridized carbons (Fsp3) is 0.417. The van der Waals surface area contributed by atoms with Crippen LogP contribution in [0.15, 0.2) is 24.3 Å². The van der Waals surface area contributed by atoms with Crippen molar-refractivity contribution in [3.63, 3.8) is 0 Å².